The summed E-state index contributed by atoms with van der Waals surface area (Å²) in [7, 11) is 0. The van der Waals surface area contributed by atoms with Crippen molar-refractivity contribution in [2.45, 2.75) is 37.4 Å². The molecule has 120 valence electrons. The van der Waals surface area contributed by atoms with Crippen LogP contribution in [0.4, 0.5) is 4.39 Å². The van der Waals surface area contributed by atoms with Crippen molar-refractivity contribution >= 4 is 0 Å². The SMILES string of the molecule is OCC1(F)CCCN(C(C2=CC=CCC2)C2=COC=CO2)C1. The monoisotopic (exact) mass is 307 g/mol. The average molecular weight is 307 g/mol. The van der Waals surface area contributed by atoms with Crippen LogP contribution in [0.3, 0.4) is 0 Å². The lowest BCUT2D eigenvalue weighted by atomic mass is 9.90. The summed E-state index contributed by atoms with van der Waals surface area (Å²) in [6, 6.07) is -0.142. The molecule has 2 unspecified atom stereocenters. The van der Waals surface area contributed by atoms with E-state index in [9.17, 15) is 9.50 Å². The van der Waals surface area contributed by atoms with Gasteiger partial charge in [0, 0.05) is 6.54 Å². The summed E-state index contributed by atoms with van der Waals surface area (Å²) in [6.07, 6.45) is 13.8. The van der Waals surface area contributed by atoms with E-state index in [1.807, 2.05) is 6.08 Å². The molecule has 0 spiro atoms. The highest BCUT2D eigenvalue weighted by Crippen LogP contribution is 2.33. The fourth-order valence-electron chi connectivity index (χ4n) is 3.32. The number of hydrogen-bond donors (Lipinski definition) is 1. The Labute approximate surface area is 130 Å². The first kappa shape index (κ1) is 15.3. The molecule has 0 aromatic rings. The van der Waals surface area contributed by atoms with Crippen LogP contribution in [0.5, 0.6) is 0 Å². The van der Waals surface area contributed by atoms with Crippen LogP contribution in [0.15, 0.2) is 48.3 Å². The van der Waals surface area contributed by atoms with Crippen LogP contribution in [0.1, 0.15) is 25.7 Å². The molecule has 1 fully saturated rings. The van der Waals surface area contributed by atoms with Gasteiger partial charge in [-0.15, -0.1) is 0 Å². The number of piperidine rings is 1. The number of rotatable bonds is 4. The van der Waals surface area contributed by atoms with Crippen LogP contribution in [-0.2, 0) is 9.47 Å². The third-order valence-electron chi connectivity index (χ3n) is 4.39. The molecule has 0 amide bonds. The van der Waals surface area contributed by atoms with Crippen LogP contribution in [0, 0.1) is 0 Å². The van der Waals surface area contributed by atoms with Gasteiger partial charge < -0.3 is 14.6 Å². The van der Waals surface area contributed by atoms with Gasteiger partial charge in [-0.3, -0.25) is 4.90 Å². The molecular weight excluding hydrogens is 285 g/mol. The maximum Gasteiger partial charge on any atom is 0.160 e. The minimum atomic E-state index is -1.53. The van der Waals surface area contributed by atoms with E-state index in [1.54, 1.807) is 6.26 Å². The van der Waals surface area contributed by atoms with Crippen molar-refractivity contribution in [2.24, 2.45) is 0 Å². The Balaban J connectivity index is 1.86. The smallest absolute Gasteiger partial charge is 0.160 e. The molecule has 4 nitrogen and oxygen atoms in total. The molecule has 0 aromatic heterocycles. The van der Waals surface area contributed by atoms with E-state index in [-0.39, 0.29) is 12.6 Å². The van der Waals surface area contributed by atoms with Gasteiger partial charge in [-0.25, -0.2) is 4.39 Å². The summed E-state index contributed by atoms with van der Waals surface area (Å²) in [6.45, 7) is 0.549. The van der Waals surface area contributed by atoms with E-state index in [2.05, 4.69) is 17.1 Å². The maximum absolute atomic E-state index is 14.6. The first-order valence-electron chi connectivity index (χ1n) is 7.78. The Kier molecular flexibility index (Phi) is 4.64. The standard InChI is InChI=1S/C17H22FNO3/c18-17(13-20)7-4-8-19(12-17)16(14-5-2-1-3-6-14)15-11-21-9-10-22-15/h1-2,5,9-11,16,20H,3-4,6-8,12-13H2. The van der Waals surface area contributed by atoms with Crippen molar-refractivity contribution in [2.75, 3.05) is 19.7 Å². The predicted molar refractivity (Wildman–Crippen MR) is 81.4 cm³/mol. The summed E-state index contributed by atoms with van der Waals surface area (Å²) < 4.78 is 25.5. The van der Waals surface area contributed by atoms with Crippen LogP contribution in [0.2, 0.25) is 0 Å². The average Bonchev–Trinajstić information content (AvgIpc) is 2.57. The number of alkyl halides is 1. The molecule has 22 heavy (non-hydrogen) atoms. The van der Waals surface area contributed by atoms with Gasteiger partial charge in [-0.1, -0.05) is 18.2 Å². The summed E-state index contributed by atoms with van der Waals surface area (Å²) in [5.74, 6) is 0.672. The third-order valence-corrected chi connectivity index (χ3v) is 4.39. The van der Waals surface area contributed by atoms with Gasteiger partial charge >= 0.3 is 0 Å². The van der Waals surface area contributed by atoms with Crippen molar-refractivity contribution in [3.05, 3.63) is 48.3 Å². The lowest BCUT2D eigenvalue weighted by molar-refractivity contribution is -0.0132. The molecule has 1 aliphatic carbocycles. The maximum atomic E-state index is 14.6. The second kappa shape index (κ2) is 6.67. The van der Waals surface area contributed by atoms with Crippen LogP contribution in [-0.4, -0.2) is 41.4 Å². The molecule has 0 saturated carbocycles. The summed E-state index contributed by atoms with van der Waals surface area (Å²) in [4.78, 5) is 2.05. The van der Waals surface area contributed by atoms with Gasteiger partial charge in [0.25, 0.3) is 0 Å². The number of aliphatic hydroxyl groups excluding tert-OH is 1. The second-order valence-corrected chi connectivity index (χ2v) is 6.04. The Hall–Kier alpha value is -1.59. The topological polar surface area (TPSA) is 41.9 Å². The van der Waals surface area contributed by atoms with Crippen LogP contribution in [0.25, 0.3) is 0 Å². The van der Waals surface area contributed by atoms with Crippen molar-refractivity contribution < 1.29 is 19.0 Å². The Morgan fingerprint density at radius 1 is 1.41 bits per heavy atom. The number of hydrogen-bond acceptors (Lipinski definition) is 4. The summed E-state index contributed by atoms with van der Waals surface area (Å²) >= 11 is 0. The quantitative estimate of drug-likeness (QED) is 0.867. The zero-order valence-corrected chi connectivity index (χ0v) is 12.6. The molecule has 5 heteroatoms. The highest BCUT2D eigenvalue weighted by atomic mass is 19.1. The molecular formula is C17H22FNO3. The Morgan fingerprint density at radius 2 is 2.32 bits per heavy atom. The number of aliphatic hydroxyl groups is 1. The van der Waals surface area contributed by atoms with E-state index >= 15 is 0 Å². The summed E-state index contributed by atoms with van der Waals surface area (Å²) in [5, 5.41) is 9.36. The van der Waals surface area contributed by atoms with Gasteiger partial charge in [-0.05, 0) is 37.8 Å². The van der Waals surface area contributed by atoms with Gasteiger partial charge in [0.2, 0.25) is 0 Å². The predicted octanol–water partition coefficient (Wildman–Crippen LogP) is 2.79. The zero-order chi connectivity index (χ0) is 15.4. The molecule has 3 rings (SSSR count). The van der Waals surface area contributed by atoms with E-state index in [0.717, 1.165) is 25.8 Å². The zero-order valence-electron chi connectivity index (χ0n) is 12.6. The third kappa shape index (κ3) is 3.25. The molecule has 0 bridgehead atoms. The second-order valence-electron chi connectivity index (χ2n) is 6.04. The highest BCUT2D eigenvalue weighted by Gasteiger charge is 2.40. The molecule has 1 N–H and O–H groups in total. The lowest BCUT2D eigenvalue weighted by Crippen LogP contribution is -2.52. The minimum absolute atomic E-state index is 0.142. The van der Waals surface area contributed by atoms with Crippen LogP contribution >= 0.6 is 0 Å². The first-order chi connectivity index (χ1) is 10.7. The number of allylic oxidation sites excluding steroid dienone is 3. The van der Waals surface area contributed by atoms with E-state index in [0.29, 0.717) is 12.2 Å². The number of likely N-dealkylation sites (tertiary alicyclic amines) is 1. The van der Waals surface area contributed by atoms with E-state index in [4.69, 9.17) is 9.47 Å². The molecule has 2 heterocycles. The number of halogens is 1. The molecule has 0 radical (unpaired) electrons. The minimum Gasteiger partial charge on any atom is -0.466 e. The Bertz CT molecular complexity index is 526. The lowest BCUT2D eigenvalue weighted by Gasteiger charge is -2.42. The highest BCUT2D eigenvalue weighted by molar-refractivity contribution is 5.30. The van der Waals surface area contributed by atoms with Crippen LogP contribution < -0.4 is 0 Å². The summed E-state index contributed by atoms with van der Waals surface area (Å²) in [5.41, 5.74) is -0.345. The normalized spacial score (nSPS) is 30.1. The number of nitrogens with zero attached hydrogens (tertiary/aromatic N) is 1. The number of ether oxygens (including phenoxy) is 2. The van der Waals surface area contributed by atoms with Gasteiger partial charge in [0.1, 0.15) is 24.5 Å². The molecule has 3 aliphatic rings. The molecule has 1 saturated heterocycles. The first-order valence-corrected chi connectivity index (χ1v) is 7.78. The molecule has 2 aliphatic heterocycles. The molecule has 2 atom stereocenters. The fourth-order valence-corrected chi connectivity index (χ4v) is 3.32. The van der Waals surface area contributed by atoms with Crippen molar-refractivity contribution in [3.8, 4) is 0 Å². The van der Waals surface area contributed by atoms with E-state index in [1.165, 1.54) is 18.1 Å². The van der Waals surface area contributed by atoms with E-state index < -0.39 is 12.3 Å². The Morgan fingerprint density at radius 3 is 3.00 bits per heavy atom. The van der Waals surface area contributed by atoms with Crippen molar-refractivity contribution in [3.63, 3.8) is 0 Å². The van der Waals surface area contributed by atoms with Gasteiger partial charge in [0.05, 0.1) is 12.6 Å². The van der Waals surface area contributed by atoms with Gasteiger partial charge in [0.15, 0.2) is 5.76 Å². The largest absolute Gasteiger partial charge is 0.466 e. The van der Waals surface area contributed by atoms with Crippen molar-refractivity contribution in [1.82, 2.24) is 4.90 Å². The van der Waals surface area contributed by atoms with Gasteiger partial charge in [-0.2, -0.15) is 0 Å². The fraction of sp³-hybridized carbons (Fsp3) is 0.529. The van der Waals surface area contributed by atoms with Crippen molar-refractivity contribution in [1.29, 1.82) is 0 Å². The molecule has 0 aromatic carbocycles.